The summed E-state index contributed by atoms with van der Waals surface area (Å²) in [6, 6.07) is 1.03. The fourth-order valence-corrected chi connectivity index (χ4v) is 3.43. The summed E-state index contributed by atoms with van der Waals surface area (Å²) in [6.07, 6.45) is 8.32. The highest BCUT2D eigenvalue weighted by molar-refractivity contribution is 7.84. The van der Waals surface area contributed by atoms with Crippen molar-refractivity contribution in [1.82, 2.24) is 5.32 Å². The molecule has 0 saturated heterocycles. The van der Waals surface area contributed by atoms with Crippen molar-refractivity contribution in [3.05, 3.63) is 0 Å². The van der Waals surface area contributed by atoms with Crippen molar-refractivity contribution in [2.24, 2.45) is 5.41 Å². The van der Waals surface area contributed by atoms with Gasteiger partial charge in [-0.3, -0.25) is 4.21 Å². The summed E-state index contributed by atoms with van der Waals surface area (Å²) >= 11 is 0. The number of hydrogen-bond acceptors (Lipinski definition) is 2. The molecule has 0 heterocycles. The van der Waals surface area contributed by atoms with Gasteiger partial charge in [-0.2, -0.15) is 0 Å². The molecule has 3 atom stereocenters. The number of hydrogen-bond donors (Lipinski definition) is 1. The van der Waals surface area contributed by atoms with Gasteiger partial charge in [0, 0.05) is 34.9 Å². The van der Waals surface area contributed by atoms with Crippen molar-refractivity contribution >= 4 is 10.8 Å². The quantitative estimate of drug-likeness (QED) is 0.772. The maximum Gasteiger partial charge on any atom is 0.0383 e. The molecule has 1 N–H and O–H groups in total. The zero-order chi connectivity index (χ0) is 12.2. The van der Waals surface area contributed by atoms with E-state index in [1.165, 1.54) is 32.1 Å². The van der Waals surface area contributed by atoms with Gasteiger partial charge in [-0.15, -0.1) is 0 Å². The van der Waals surface area contributed by atoms with E-state index in [0.717, 1.165) is 5.75 Å². The Morgan fingerprint density at radius 3 is 2.69 bits per heavy atom. The maximum atomic E-state index is 11.1. The summed E-state index contributed by atoms with van der Waals surface area (Å²) in [4.78, 5) is 0. The smallest absolute Gasteiger partial charge is 0.0383 e. The van der Waals surface area contributed by atoms with Crippen LogP contribution < -0.4 is 5.32 Å². The van der Waals surface area contributed by atoms with Crippen molar-refractivity contribution in [2.75, 3.05) is 12.0 Å². The molecular weight excluding hydrogens is 218 g/mol. The highest BCUT2D eigenvalue weighted by Gasteiger charge is 2.24. The Hall–Kier alpha value is 0.110. The Morgan fingerprint density at radius 2 is 2.06 bits per heavy atom. The van der Waals surface area contributed by atoms with Crippen LogP contribution in [-0.2, 0) is 10.8 Å². The molecule has 0 amide bonds. The van der Waals surface area contributed by atoms with Crippen LogP contribution in [0, 0.1) is 5.41 Å². The Bertz CT molecular complexity index is 240. The SMILES string of the molecule is CC(CS(C)=O)NC1CCCC(C)(C)CC1. The van der Waals surface area contributed by atoms with Gasteiger partial charge in [-0.05, 0) is 38.0 Å². The molecule has 1 rings (SSSR count). The molecule has 96 valence electrons. The van der Waals surface area contributed by atoms with E-state index in [9.17, 15) is 4.21 Å². The summed E-state index contributed by atoms with van der Waals surface area (Å²) < 4.78 is 11.1. The van der Waals surface area contributed by atoms with Crippen LogP contribution in [0.3, 0.4) is 0 Å². The number of nitrogens with one attached hydrogen (secondary N) is 1. The first kappa shape index (κ1) is 14.2. The van der Waals surface area contributed by atoms with Crippen LogP contribution in [0.5, 0.6) is 0 Å². The summed E-state index contributed by atoms with van der Waals surface area (Å²) in [5.41, 5.74) is 0.521. The molecule has 0 radical (unpaired) electrons. The van der Waals surface area contributed by atoms with Gasteiger partial charge in [0.05, 0.1) is 0 Å². The zero-order valence-electron chi connectivity index (χ0n) is 11.2. The lowest BCUT2D eigenvalue weighted by Gasteiger charge is -2.23. The van der Waals surface area contributed by atoms with Gasteiger partial charge in [0.25, 0.3) is 0 Å². The molecule has 0 aromatic rings. The van der Waals surface area contributed by atoms with E-state index in [1.54, 1.807) is 6.26 Å². The van der Waals surface area contributed by atoms with E-state index in [1.807, 2.05) is 0 Å². The minimum absolute atomic E-state index is 0.386. The first-order valence-electron chi connectivity index (χ1n) is 6.45. The molecule has 1 aliphatic rings. The van der Waals surface area contributed by atoms with Crippen molar-refractivity contribution in [1.29, 1.82) is 0 Å². The monoisotopic (exact) mass is 245 g/mol. The molecule has 3 heteroatoms. The minimum Gasteiger partial charge on any atom is -0.311 e. The first-order chi connectivity index (χ1) is 7.39. The van der Waals surface area contributed by atoms with Gasteiger partial charge in [-0.25, -0.2) is 0 Å². The molecule has 16 heavy (non-hydrogen) atoms. The molecule has 3 unspecified atom stereocenters. The second-order valence-corrected chi connectivity index (χ2v) is 7.58. The topological polar surface area (TPSA) is 29.1 Å². The molecule has 0 bridgehead atoms. The lowest BCUT2D eigenvalue weighted by atomic mass is 9.85. The summed E-state index contributed by atoms with van der Waals surface area (Å²) in [5.74, 6) is 0.778. The predicted molar refractivity (Wildman–Crippen MR) is 72.2 cm³/mol. The van der Waals surface area contributed by atoms with E-state index in [0.29, 0.717) is 17.5 Å². The van der Waals surface area contributed by atoms with Gasteiger partial charge < -0.3 is 5.32 Å². The van der Waals surface area contributed by atoms with Gasteiger partial charge >= 0.3 is 0 Å². The van der Waals surface area contributed by atoms with E-state index in [-0.39, 0.29) is 0 Å². The highest BCUT2D eigenvalue weighted by atomic mass is 32.2. The molecule has 1 saturated carbocycles. The van der Waals surface area contributed by atoms with Gasteiger partial charge in [0.2, 0.25) is 0 Å². The van der Waals surface area contributed by atoms with E-state index in [2.05, 4.69) is 26.1 Å². The van der Waals surface area contributed by atoms with E-state index >= 15 is 0 Å². The second-order valence-electron chi connectivity index (χ2n) is 6.10. The van der Waals surface area contributed by atoms with Crippen molar-refractivity contribution in [2.45, 2.75) is 65.0 Å². The predicted octanol–water partition coefficient (Wildman–Crippen LogP) is 2.70. The molecular formula is C13H27NOS. The molecule has 0 aliphatic heterocycles. The molecule has 0 aromatic heterocycles. The van der Waals surface area contributed by atoms with Gasteiger partial charge in [0.15, 0.2) is 0 Å². The Balaban J connectivity index is 2.35. The Labute approximate surface area is 103 Å². The van der Waals surface area contributed by atoms with Crippen LogP contribution in [0.2, 0.25) is 0 Å². The molecule has 2 nitrogen and oxygen atoms in total. The van der Waals surface area contributed by atoms with Crippen molar-refractivity contribution in [3.8, 4) is 0 Å². The minimum atomic E-state index is -0.682. The van der Waals surface area contributed by atoms with E-state index in [4.69, 9.17) is 0 Å². The molecule has 1 aliphatic carbocycles. The largest absolute Gasteiger partial charge is 0.311 e. The third-order valence-electron chi connectivity index (χ3n) is 3.58. The average molecular weight is 245 g/mol. The third-order valence-corrected chi connectivity index (χ3v) is 4.55. The molecule has 1 fully saturated rings. The normalized spacial score (nSPS) is 29.4. The highest BCUT2D eigenvalue weighted by Crippen LogP contribution is 2.33. The van der Waals surface area contributed by atoms with Gasteiger partial charge in [0.1, 0.15) is 0 Å². The lowest BCUT2D eigenvalue weighted by molar-refractivity contribution is 0.308. The van der Waals surface area contributed by atoms with Crippen LogP contribution >= 0.6 is 0 Å². The van der Waals surface area contributed by atoms with Crippen molar-refractivity contribution in [3.63, 3.8) is 0 Å². The standard InChI is InChI=1S/C13H27NOS/c1-11(10-16(4)15)14-12-6-5-8-13(2,3)9-7-12/h11-12,14H,5-10H2,1-4H3. The maximum absolute atomic E-state index is 11.1. The third kappa shape index (κ3) is 5.44. The average Bonchev–Trinajstić information content (AvgIpc) is 2.26. The van der Waals surface area contributed by atoms with Gasteiger partial charge in [-0.1, -0.05) is 20.3 Å². The van der Waals surface area contributed by atoms with Crippen LogP contribution in [0.15, 0.2) is 0 Å². The summed E-state index contributed by atoms with van der Waals surface area (Å²) in [5, 5.41) is 3.63. The first-order valence-corrected chi connectivity index (χ1v) is 8.18. The summed E-state index contributed by atoms with van der Waals surface area (Å²) in [7, 11) is -0.682. The Morgan fingerprint density at radius 1 is 1.38 bits per heavy atom. The Kier molecular flexibility index (Phi) is 5.45. The van der Waals surface area contributed by atoms with Crippen LogP contribution in [-0.4, -0.2) is 28.3 Å². The fourth-order valence-electron chi connectivity index (χ4n) is 2.63. The zero-order valence-corrected chi connectivity index (χ0v) is 12.0. The lowest BCUT2D eigenvalue weighted by Crippen LogP contribution is -2.39. The van der Waals surface area contributed by atoms with Crippen LogP contribution in [0.25, 0.3) is 0 Å². The summed E-state index contributed by atoms with van der Waals surface area (Å²) in [6.45, 7) is 6.90. The number of rotatable bonds is 4. The van der Waals surface area contributed by atoms with Crippen LogP contribution in [0.4, 0.5) is 0 Å². The molecule has 0 aromatic carbocycles. The van der Waals surface area contributed by atoms with Crippen LogP contribution in [0.1, 0.15) is 52.9 Å². The van der Waals surface area contributed by atoms with Crippen molar-refractivity contribution < 1.29 is 4.21 Å². The fraction of sp³-hybridized carbons (Fsp3) is 1.00. The second kappa shape index (κ2) is 6.15. The van der Waals surface area contributed by atoms with E-state index < -0.39 is 10.8 Å². The molecule has 0 spiro atoms.